The van der Waals surface area contributed by atoms with Crippen LogP contribution in [0, 0.1) is 5.92 Å². The van der Waals surface area contributed by atoms with Crippen molar-refractivity contribution < 1.29 is 14.6 Å². The minimum atomic E-state index is -0.355. The number of fused-ring (bicyclic) bond motifs is 1. The number of carbonyl (C=O) groups is 1. The van der Waals surface area contributed by atoms with Gasteiger partial charge in [-0.05, 0) is 18.6 Å². The molecule has 1 fully saturated rings. The van der Waals surface area contributed by atoms with Crippen LogP contribution in [0.15, 0.2) is 42.6 Å². The molecule has 1 atom stereocenters. The summed E-state index contributed by atoms with van der Waals surface area (Å²) in [6, 6.07) is 11.0. The normalized spacial score (nSPS) is 15.2. The molecule has 4 rings (SSSR count). The van der Waals surface area contributed by atoms with E-state index in [1.807, 2.05) is 41.9 Å². The van der Waals surface area contributed by atoms with Gasteiger partial charge in [0.05, 0.1) is 43.3 Å². The van der Waals surface area contributed by atoms with Crippen molar-refractivity contribution in [1.29, 1.82) is 0 Å². The van der Waals surface area contributed by atoms with Gasteiger partial charge < -0.3 is 15.2 Å². The number of aromatic nitrogens is 3. The molecule has 8 heteroatoms. The first-order chi connectivity index (χ1) is 13.6. The largest absolute Gasteiger partial charge is 0.390 e. The lowest BCUT2D eigenvalue weighted by Crippen LogP contribution is -2.32. The molecule has 2 amide bonds. The number of benzene rings is 1. The number of pyridine rings is 1. The van der Waals surface area contributed by atoms with Crippen LogP contribution in [-0.4, -0.2) is 39.1 Å². The monoisotopic (exact) mass is 381 g/mol. The fourth-order valence-electron chi connectivity index (χ4n) is 3.32. The van der Waals surface area contributed by atoms with E-state index in [1.165, 1.54) is 0 Å². The Kier molecular flexibility index (Phi) is 5.23. The fraction of sp³-hybridized carbons (Fsp3) is 0.350. The number of nitrogens with one attached hydrogen (secondary N) is 2. The summed E-state index contributed by atoms with van der Waals surface area (Å²) in [6.45, 7) is 3.85. The first kappa shape index (κ1) is 18.4. The topological polar surface area (TPSA) is 101 Å². The summed E-state index contributed by atoms with van der Waals surface area (Å²) in [4.78, 5) is 16.8. The lowest BCUT2D eigenvalue weighted by atomic mass is 10.1. The van der Waals surface area contributed by atoms with Crippen molar-refractivity contribution in [2.45, 2.75) is 26.1 Å². The van der Waals surface area contributed by atoms with Gasteiger partial charge in [-0.1, -0.05) is 30.3 Å². The van der Waals surface area contributed by atoms with Crippen molar-refractivity contribution in [3.05, 3.63) is 53.9 Å². The number of urea groups is 1. The highest BCUT2D eigenvalue weighted by atomic mass is 16.5. The van der Waals surface area contributed by atoms with Gasteiger partial charge in [-0.15, -0.1) is 0 Å². The SMILES string of the molecule is CC(NC(=O)Nc1cc2cnn(CC3COC3)c2c(CO)n1)c1ccccc1. The summed E-state index contributed by atoms with van der Waals surface area (Å²) >= 11 is 0. The Bertz CT molecular complexity index is 969. The van der Waals surface area contributed by atoms with Crippen LogP contribution < -0.4 is 10.6 Å². The second-order valence-electron chi connectivity index (χ2n) is 7.01. The number of aliphatic hydroxyl groups is 1. The molecule has 0 aliphatic carbocycles. The predicted octanol–water partition coefficient (Wildman–Crippen LogP) is 2.45. The Morgan fingerprint density at radius 1 is 1.36 bits per heavy atom. The number of amides is 2. The highest BCUT2D eigenvalue weighted by Crippen LogP contribution is 2.23. The van der Waals surface area contributed by atoms with Gasteiger partial charge in [0.2, 0.25) is 0 Å². The van der Waals surface area contributed by atoms with Crippen LogP contribution in [0.2, 0.25) is 0 Å². The molecule has 3 N–H and O–H groups in total. The van der Waals surface area contributed by atoms with Crippen LogP contribution in [0.3, 0.4) is 0 Å². The van der Waals surface area contributed by atoms with Crippen molar-refractivity contribution in [3.63, 3.8) is 0 Å². The number of hydrogen-bond donors (Lipinski definition) is 3. The average molecular weight is 381 g/mol. The highest BCUT2D eigenvalue weighted by Gasteiger charge is 2.21. The Hall–Kier alpha value is -2.97. The van der Waals surface area contributed by atoms with Crippen LogP contribution in [0.5, 0.6) is 0 Å². The standard InChI is InChI=1S/C20H23N5O3/c1-13(15-5-3-2-4-6-15)22-20(27)24-18-7-16-8-21-25(9-14-11-28-12-14)19(16)17(10-26)23-18/h2-8,13-14,26H,9-12H2,1H3,(H2,22,23,24,27). The van der Waals surface area contributed by atoms with Crippen LogP contribution in [0.1, 0.15) is 24.2 Å². The Balaban J connectivity index is 1.50. The number of ether oxygens (including phenoxy) is 1. The molecule has 146 valence electrons. The van der Waals surface area contributed by atoms with E-state index in [4.69, 9.17) is 4.74 Å². The first-order valence-electron chi connectivity index (χ1n) is 9.30. The van der Waals surface area contributed by atoms with Crippen molar-refractivity contribution in [2.75, 3.05) is 18.5 Å². The van der Waals surface area contributed by atoms with Crippen LogP contribution >= 0.6 is 0 Å². The van der Waals surface area contributed by atoms with Crippen molar-refractivity contribution >= 4 is 22.8 Å². The summed E-state index contributed by atoms with van der Waals surface area (Å²) < 4.78 is 7.07. The van der Waals surface area contributed by atoms with Gasteiger partial charge in [-0.3, -0.25) is 10.00 Å². The maximum absolute atomic E-state index is 12.4. The molecule has 1 aliphatic rings. The Morgan fingerprint density at radius 3 is 2.82 bits per heavy atom. The summed E-state index contributed by atoms with van der Waals surface area (Å²) in [5.74, 6) is 0.804. The van der Waals surface area contributed by atoms with Crippen LogP contribution in [0.4, 0.5) is 10.6 Å². The smallest absolute Gasteiger partial charge is 0.320 e. The van der Waals surface area contributed by atoms with E-state index < -0.39 is 0 Å². The zero-order valence-electron chi connectivity index (χ0n) is 15.6. The second kappa shape index (κ2) is 7.95. The Labute approximate surface area is 162 Å². The zero-order chi connectivity index (χ0) is 19.5. The summed E-state index contributed by atoms with van der Waals surface area (Å²) in [5, 5.41) is 20.7. The van der Waals surface area contributed by atoms with Crippen LogP contribution in [0.25, 0.3) is 10.9 Å². The minimum Gasteiger partial charge on any atom is -0.390 e. The number of nitrogens with zero attached hydrogens (tertiary/aromatic N) is 3. The molecule has 3 heterocycles. The number of hydrogen-bond acceptors (Lipinski definition) is 5. The van der Waals surface area contributed by atoms with Gasteiger partial charge in [0.1, 0.15) is 5.82 Å². The molecule has 1 aliphatic heterocycles. The van der Waals surface area contributed by atoms with E-state index >= 15 is 0 Å². The molecular weight excluding hydrogens is 358 g/mol. The fourth-order valence-corrected chi connectivity index (χ4v) is 3.32. The van der Waals surface area contributed by atoms with Crippen molar-refractivity contribution in [2.24, 2.45) is 5.92 Å². The lowest BCUT2D eigenvalue weighted by molar-refractivity contribution is -0.0403. The summed E-state index contributed by atoms with van der Waals surface area (Å²) in [7, 11) is 0. The van der Waals surface area contributed by atoms with Gasteiger partial charge in [-0.2, -0.15) is 5.10 Å². The summed E-state index contributed by atoms with van der Waals surface area (Å²) in [5.41, 5.74) is 2.29. The quantitative estimate of drug-likeness (QED) is 0.609. The van der Waals surface area contributed by atoms with Gasteiger partial charge in [-0.25, -0.2) is 9.78 Å². The molecule has 1 unspecified atom stereocenters. The van der Waals surface area contributed by atoms with E-state index in [9.17, 15) is 9.90 Å². The molecule has 2 aromatic heterocycles. The molecule has 8 nitrogen and oxygen atoms in total. The van der Waals surface area contributed by atoms with Gasteiger partial charge in [0.15, 0.2) is 0 Å². The van der Waals surface area contributed by atoms with E-state index in [1.54, 1.807) is 12.3 Å². The molecule has 28 heavy (non-hydrogen) atoms. The third-order valence-electron chi connectivity index (χ3n) is 4.87. The van der Waals surface area contributed by atoms with E-state index in [-0.39, 0.29) is 18.7 Å². The van der Waals surface area contributed by atoms with E-state index in [0.29, 0.717) is 17.4 Å². The third kappa shape index (κ3) is 3.83. The zero-order valence-corrected chi connectivity index (χ0v) is 15.6. The molecule has 1 aromatic carbocycles. The third-order valence-corrected chi connectivity index (χ3v) is 4.87. The predicted molar refractivity (Wildman–Crippen MR) is 105 cm³/mol. The molecule has 0 saturated carbocycles. The van der Waals surface area contributed by atoms with Gasteiger partial charge in [0.25, 0.3) is 0 Å². The van der Waals surface area contributed by atoms with E-state index in [0.717, 1.165) is 36.2 Å². The van der Waals surface area contributed by atoms with Crippen molar-refractivity contribution in [1.82, 2.24) is 20.1 Å². The molecule has 0 bridgehead atoms. The average Bonchev–Trinajstić information content (AvgIpc) is 3.07. The number of rotatable bonds is 6. The number of carbonyl (C=O) groups excluding carboxylic acids is 1. The molecule has 0 radical (unpaired) electrons. The highest BCUT2D eigenvalue weighted by molar-refractivity contribution is 5.92. The molecule has 1 saturated heterocycles. The van der Waals surface area contributed by atoms with Crippen LogP contribution in [-0.2, 0) is 17.9 Å². The van der Waals surface area contributed by atoms with Gasteiger partial charge in [0, 0.05) is 17.8 Å². The summed E-state index contributed by atoms with van der Waals surface area (Å²) in [6.07, 6.45) is 1.73. The maximum atomic E-state index is 12.4. The van der Waals surface area contributed by atoms with E-state index in [2.05, 4.69) is 20.7 Å². The molecule has 3 aromatic rings. The lowest BCUT2D eigenvalue weighted by Gasteiger charge is -2.26. The minimum absolute atomic E-state index is 0.144. The van der Waals surface area contributed by atoms with Gasteiger partial charge >= 0.3 is 6.03 Å². The second-order valence-corrected chi connectivity index (χ2v) is 7.01. The maximum Gasteiger partial charge on any atom is 0.320 e. The first-order valence-corrected chi connectivity index (χ1v) is 9.30. The Morgan fingerprint density at radius 2 is 2.14 bits per heavy atom. The van der Waals surface area contributed by atoms with Crippen molar-refractivity contribution in [3.8, 4) is 0 Å². The molecule has 0 spiro atoms. The number of anilines is 1. The molecular formula is C20H23N5O3. The number of aliphatic hydroxyl groups excluding tert-OH is 1.